The fourth-order valence-electron chi connectivity index (χ4n) is 5.23. The first-order valence-corrected chi connectivity index (χ1v) is 13.9. The van der Waals surface area contributed by atoms with Crippen molar-refractivity contribution in [1.82, 2.24) is 15.1 Å². The standard InChI is InChI=1S/C31H41N3O5/c1-21-6-8-23(9-7-21)20-34-19-16-27(28(34)35)33-17-14-25(15-18-33)24-10-12-26(13-11-24)38-29(36)22(2)32-30(37)39-31(3,4)5/h6-13,22,25,27H,14-20H2,1-5H3,(H,32,37). The molecule has 0 radical (unpaired) electrons. The number of piperidine rings is 1. The summed E-state index contributed by atoms with van der Waals surface area (Å²) in [7, 11) is 0. The van der Waals surface area contributed by atoms with Gasteiger partial charge in [0.25, 0.3) is 0 Å². The van der Waals surface area contributed by atoms with Gasteiger partial charge in [0.15, 0.2) is 0 Å². The number of benzene rings is 2. The summed E-state index contributed by atoms with van der Waals surface area (Å²) in [6.45, 7) is 12.2. The number of carbonyl (C=O) groups excluding carboxylic acids is 3. The quantitative estimate of drug-likeness (QED) is 0.405. The van der Waals surface area contributed by atoms with Gasteiger partial charge >= 0.3 is 12.1 Å². The van der Waals surface area contributed by atoms with Crippen LogP contribution in [0.5, 0.6) is 5.75 Å². The number of carbonyl (C=O) groups is 3. The second-order valence-corrected chi connectivity index (χ2v) is 11.7. The predicted molar refractivity (Wildman–Crippen MR) is 149 cm³/mol. The van der Waals surface area contributed by atoms with Crippen molar-refractivity contribution in [3.8, 4) is 5.75 Å². The van der Waals surface area contributed by atoms with Crippen molar-refractivity contribution in [2.45, 2.75) is 84.0 Å². The summed E-state index contributed by atoms with van der Waals surface area (Å²) < 4.78 is 10.6. The Bertz CT molecular complexity index is 1150. The third kappa shape index (κ3) is 7.82. The molecule has 2 heterocycles. The van der Waals surface area contributed by atoms with Crippen LogP contribution in [-0.4, -0.2) is 65.1 Å². The van der Waals surface area contributed by atoms with E-state index in [0.29, 0.717) is 18.2 Å². The van der Waals surface area contributed by atoms with E-state index in [1.165, 1.54) is 16.7 Å². The van der Waals surface area contributed by atoms with Crippen molar-refractivity contribution in [1.29, 1.82) is 0 Å². The van der Waals surface area contributed by atoms with Crippen LogP contribution in [0.25, 0.3) is 0 Å². The second kappa shape index (κ2) is 12.2. The van der Waals surface area contributed by atoms with Gasteiger partial charge < -0.3 is 19.7 Å². The number of rotatable bonds is 7. The average molecular weight is 536 g/mol. The van der Waals surface area contributed by atoms with Crippen LogP contribution in [0.15, 0.2) is 48.5 Å². The van der Waals surface area contributed by atoms with Gasteiger partial charge in [-0.2, -0.15) is 0 Å². The minimum absolute atomic E-state index is 0.0190. The van der Waals surface area contributed by atoms with E-state index in [9.17, 15) is 14.4 Å². The fourth-order valence-corrected chi connectivity index (χ4v) is 5.23. The van der Waals surface area contributed by atoms with Crippen molar-refractivity contribution < 1.29 is 23.9 Å². The monoisotopic (exact) mass is 535 g/mol. The molecular weight excluding hydrogens is 494 g/mol. The van der Waals surface area contributed by atoms with Crippen molar-refractivity contribution in [2.75, 3.05) is 19.6 Å². The lowest BCUT2D eigenvalue weighted by molar-refractivity contribution is -0.136. The number of amides is 2. The Kier molecular flexibility index (Phi) is 8.95. The zero-order valence-corrected chi connectivity index (χ0v) is 23.7. The van der Waals surface area contributed by atoms with E-state index >= 15 is 0 Å². The van der Waals surface area contributed by atoms with Crippen molar-refractivity contribution in [3.63, 3.8) is 0 Å². The molecule has 0 aliphatic carbocycles. The summed E-state index contributed by atoms with van der Waals surface area (Å²) in [5.74, 6) is 0.526. The summed E-state index contributed by atoms with van der Waals surface area (Å²) >= 11 is 0. The van der Waals surface area contributed by atoms with Crippen molar-refractivity contribution in [3.05, 3.63) is 65.2 Å². The third-order valence-corrected chi connectivity index (χ3v) is 7.39. The first-order valence-electron chi connectivity index (χ1n) is 13.9. The van der Waals surface area contributed by atoms with E-state index in [2.05, 4.69) is 41.4 Å². The van der Waals surface area contributed by atoms with E-state index in [1.54, 1.807) is 39.8 Å². The van der Waals surface area contributed by atoms with Crippen LogP contribution < -0.4 is 10.1 Å². The molecule has 1 N–H and O–H groups in total. The first-order chi connectivity index (χ1) is 18.5. The van der Waals surface area contributed by atoms with E-state index in [0.717, 1.165) is 38.9 Å². The van der Waals surface area contributed by atoms with Crippen LogP contribution in [0.3, 0.4) is 0 Å². The molecule has 2 unspecified atom stereocenters. The highest BCUT2D eigenvalue weighted by atomic mass is 16.6. The maximum Gasteiger partial charge on any atom is 0.408 e. The van der Waals surface area contributed by atoms with E-state index in [1.807, 2.05) is 17.0 Å². The van der Waals surface area contributed by atoms with Gasteiger partial charge in [0, 0.05) is 13.1 Å². The van der Waals surface area contributed by atoms with Gasteiger partial charge in [0.05, 0.1) is 6.04 Å². The van der Waals surface area contributed by atoms with Gasteiger partial charge in [-0.05, 0) is 96.1 Å². The Labute approximate surface area is 231 Å². The Morgan fingerprint density at radius 3 is 2.23 bits per heavy atom. The highest BCUT2D eigenvalue weighted by Gasteiger charge is 2.37. The summed E-state index contributed by atoms with van der Waals surface area (Å²) in [5, 5.41) is 2.50. The molecule has 2 aromatic rings. The number of aryl methyl sites for hydroxylation is 1. The minimum Gasteiger partial charge on any atom is -0.444 e. The van der Waals surface area contributed by atoms with Gasteiger partial charge in [0.2, 0.25) is 5.91 Å². The molecule has 0 bridgehead atoms. The molecule has 0 spiro atoms. The smallest absolute Gasteiger partial charge is 0.408 e. The zero-order valence-electron chi connectivity index (χ0n) is 23.7. The number of hydrogen-bond acceptors (Lipinski definition) is 6. The van der Waals surface area contributed by atoms with Gasteiger partial charge in [-0.25, -0.2) is 9.59 Å². The molecule has 2 saturated heterocycles. The van der Waals surface area contributed by atoms with Crippen molar-refractivity contribution in [2.24, 2.45) is 0 Å². The van der Waals surface area contributed by atoms with Gasteiger partial charge in [-0.15, -0.1) is 0 Å². The minimum atomic E-state index is -0.838. The topological polar surface area (TPSA) is 88.2 Å². The second-order valence-electron chi connectivity index (χ2n) is 11.7. The molecule has 2 fully saturated rings. The fraction of sp³-hybridized carbons (Fsp3) is 0.516. The van der Waals surface area contributed by atoms with Crippen LogP contribution in [0, 0.1) is 6.92 Å². The van der Waals surface area contributed by atoms with E-state index < -0.39 is 23.7 Å². The number of esters is 1. The molecule has 8 nitrogen and oxygen atoms in total. The summed E-state index contributed by atoms with van der Waals surface area (Å²) in [6, 6.07) is 15.1. The third-order valence-electron chi connectivity index (χ3n) is 7.39. The van der Waals surface area contributed by atoms with Gasteiger partial charge in [0.1, 0.15) is 17.4 Å². The normalized spacial score (nSPS) is 19.6. The Morgan fingerprint density at radius 2 is 1.62 bits per heavy atom. The number of alkyl carbamates (subject to hydrolysis) is 1. The van der Waals surface area contributed by atoms with Crippen LogP contribution in [0.4, 0.5) is 4.79 Å². The molecule has 4 rings (SSSR count). The predicted octanol–water partition coefficient (Wildman–Crippen LogP) is 4.79. The molecule has 2 aliphatic heterocycles. The Balaban J connectivity index is 1.23. The molecule has 39 heavy (non-hydrogen) atoms. The lowest BCUT2D eigenvalue weighted by Crippen LogP contribution is -2.45. The Hall–Kier alpha value is -3.39. The number of likely N-dealkylation sites (tertiary alicyclic amines) is 2. The maximum absolute atomic E-state index is 13.1. The van der Waals surface area contributed by atoms with Crippen LogP contribution >= 0.6 is 0 Å². The average Bonchev–Trinajstić information content (AvgIpc) is 3.24. The molecule has 2 aliphatic rings. The van der Waals surface area contributed by atoms with Crippen LogP contribution in [0.2, 0.25) is 0 Å². The largest absolute Gasteiger partial charge is 0.444 e. The SMILES string of the molecule is Cc1ccc(CN2CCC(N3CCC(c4ccc(OC(=O)C(C)NC(=O)OC(C)(C)C)cc4)CC3)C2=O)cc1. The van der Waals surface area contributed by atoms with E-state index in [-0.39, 0.29) is 11.9 Å². The lowest BCUT2D eigenvalue weighted by atomic mass is 9.88. The first kappa shape index (κ1) is 28.6. The summed E-state index contributed by atoms with van der Waals surface area (Å²) in [5.41, 5.74) is 2.96. The highest BCUT2D eigenvalue weighted by Crippen LogP contribution is 2.32. The lowest BCUT2D eigenvalue weighted by Gasteiger charge is -2.35. The van der Waals surface area contributed by atoms with Crippen LogP contribution in [-0.2, 0) is 20.9 Å². The molecule has 2 aromatic carbocycles. The maximum atomic E-state index is 13.1. The van der Waals surface area contributed by atoms with Gasteiger partial charge in [-0.3, -0.25) is 9.69 Å². The zero-order chi connectivity index (χ0) is 28.2. The molecule has 0 saturated carbocycles. The highest BCUT2D eigenvalue weighted by molar-refractivity contribution is 5.84. The number of ether oxygens (including phenoxy) is 2. The Morgan fingerprint density at radius 1 is 0.974 bits per heavy atom. The summed E-state index contributed by atoms with van der Waals surface area (Å²) in [4.78, 5) is 41.8. The molecule has 2 amide bonds. The number of nitrogens with zero attached hydrogens (tertiary/aromatic N) is 2. The van der Waals surface area contributed by atoms with E-state index in [4.69, 9.17) is 9.47 Å². The van der Waals surface area contributed by atoms with Crippen LogP contribution in [0.1, 0.15) is 69.6 Å². The molecular formula is C31H41N3O5. The molecule has 8 heteroatoms. The van der Waals surface area contributed by atoms with Crippen molar-refractivity contribution >= 4 is 18.0 Å². The number of hydrogen-bond donors (Lipinski definition) is 1. The molecule has 2 atom stereocenters. The van der Waals surface area contributed by atoms with Gasteiger partial charge in [-0.1, -0.05) is 42.0 Å². The summed E-state index contributed by atoms with van der Waals surface area (Å²) in [6.07, 6.45) is 2.19. The molecule has 0 aromatic heterocycles. The number of nitrogens with one attached hydrogen (secondary N) is 1. The molecule has 210 valence electrons.